The van der Waals surface area contributed by atoms with Crippen LogP contribution >= 0.6 is 0 Å². The first-order valence-corrected chi connectivity index (χ1v) is 7.57. The maximum atomic E-state index is 9.49. The quantitative estimate of drug-likeness (QED) is 0.738. The molecule has 104 valence electrons. The van der Waals surface area contributed by atoms with Crippen molar-refractivity contribution in [1.29, 1.82) is 0 Å². The van der Waals surface area contributed by atoms with Crippen LogP contribution in [0.3, 0.4) is 0 Å². The highest BCUT2D eigenvalue weighted by molar-refractivity contribution is 4.92. The van der Waals surface area contributed by atoms with Gasteiger partial charge < -0.3 is 15.3 Å². The molecule has 2 aliphatic heterocycles. The number of nitrogens with zero attached hydrogens (tertiary/aromatic N) is 2. The van der Waals surface area contributed by atoms with Gasteiger partial charge >= 0.3 is 0 Å². The Morgan fingerprint density at radius 1 is 1.17 bits per heavy atom. The molecule has 3 aliphatic rings. The minimum atomic E-state index is 0.275. The molecule has 0 spiro atoms. The number of rotatable bonds is 5. The molecule has 2 N–H and O–H groups in total. The summed E-state index contributed by atoms with van der Waals surface area (Å²) in [6.07, 6.45) is 6.64. The van der Waals surface area contributed by atoms with Gasteiger partial charge in [-0.05, 0) is 45.7 Å². The van der Waals surface area contributed by atoms with Gasteiger partial charge in [0.05, 0.1) is 6.61 Å². The van der Waals surface area contributed by atoms with Gasteiger partial charge in [0.15, 0.2) is 0 Å². The minimum absolute atomic E-state index is 0.275. The number of aliphatic hydroxyl groups is 1. The third-order valence-corrected chi connectivity index (χ3v) is 4.98. The number of hydrogen-bond donors (Lipinski definition) is 2. The van der Waals surface area contributed by atoms with Crippen molar-refractivity contribution >= 4 is 0 Å². The Morgan fingerprint density at radius 3 is 2.67 bits per heavy atom. The molecule has 4 heteroatoms. The zero-order chi connectivity index (χ0) is 12.5. The second-order valence-corrected chi connectivity index (χ2v) is 6.42. The largest absolute Gasteiger partial charge is 0.395 e. The Balaban J connectivity index is 1.52. The van der Waals surface area contributed by atoms with E-state index in [1.54, 1.807) is 0 Å². The molecule has 3 fully saturated rings. The number of fused-ring (bicyclic) bond motifs is 2. The highest BCUT2D eigenvalue weighted by Crippen LogP contribution is 2.28. The van der Waals surface area contributed by atoms with Crippen LogP contribution in [-0.4, -0.2) is 72.4 Å². The molecule has 18 heavy (non-hydrogen) atoms. The van der Waals surface area contributed by atoms with Crippen LogP contribution in [0.2, 0.25) is 0 Å². The summed E-state index contributed by atoms with van der Waals surface area (Å²) in [7, 11) is 2.29. The van der Waals surface area contributed by atoms with Crippen molar-refractivity contribution in [2.24, 2.45) is 0 Å². The standard InChI is InChI=1S/C14H27N3O/c1-16-13-4-5-14(16)9-17(7-6-13)8-12(10-18)15-11-2-3-11/h11-15,18H,2-10H2,1H3. The van der Waals surface area contributed by atoms with Crippen molar-refractivity contribution in [3.63, 3.8) is 0 Å². The summed E-state index contributed by atoms with van der Waals surface area (Å²) >= 11 is 0. The van der Waals surface area contributed by atoms with E-state index in [1.165, 1.54) is 45.2 Å². The molecule has 3 atom stereocenters. The molecule has 0 aromatic carbocycles. The van der Waals surface area contributed by atoms with Crippen LogP contribution in [0, 0.1) is 0 Å². The molecular formula is C14H27N3O. The third-order valence-electron chi connectivity index (χ3n) is 4.98. The van der Waals surface area contributed by atoms with E-state index in [0.29, 0.717) is 6.04 Å². The Hall–Kier alpha value is -0.160. The van der Waals surface area contributed by atoms with E-state index >= 15 is 0 Å². The molecule has 3 rings (SSSR count). The average Bonchev–Trinajstić information content (AvgIpc) is 3.10. The van der Waals surface area contributed by atoms with Crippen LogP contribution in [0.1, 0.15) is 32.1 Å². The molecule has 0 aromatic rings. The van der Waals surface area contributed by atoms with E-state index in [2.05, 4.69) is 22.2 Å². The Labute approximate surface area is 110 Å². The lowest BCUT2D eigenvalue weighted by atomic mass is 10.1. The molecule has 2 bridgehead atoms. The second kappa shape index (κ2) is 5.45. The number of aliphatic hydroxyl groups excluding tert-OH is 1. The maximum absolute atomic E-state index is 9.49. The molecule has 3 unspecified atom stereocenters. The minimum Gasteiger partial charge on any atom is -0.395 e. The summed E-state index contributed by atoms with van der Waals surface area (Å²) in [5, 5.41) is 13.0. The predicted molar refractivity (Wildman–Crippen MR) is 72.7 cm³/mol. The van der Waals surface area contributed by atoms with Crippen LogP contribution < -0.4 is 5.32 Å². The maximum Gasteiger partial charge on any atom is 0.0597 e. The summed E-state index contributed by atoms with van der Waals surface area (Å²) in [6.45, 7) is 3.69. The summed E-state index contributed by atoms with van der Waals surface area (Å²) in [4.78, 5) is 5.15. The van der Waals surface area contributed by atoms with Gasteiger partial charge in [-0.25, -0.2) is 0 Å². The van der Waals surface area contributed by atoms with Crippen molar-refractivity contribution < 1.29 is 5.11 Å². The number of likely N-dealkylation sites (N-methyl/N-ethyl adjacent to an activating group) is 1. The normalized spacial score (nSPS) is 35.7. The van der Waals surface area contributed by atoms with Crippen molar-refractivity contribution in [2.45, 2.75) is 56.3 Å². The third kappa shape index (κ3) is 2.87. The number of likely N-dealkylation sites (tertiary alicyclic amines) is 1. The lowest BCUT2D eigenvalue weighted by Crippen LogP contribution is -2.46. The summed E-state index contributed by atoms with van der Waals surface area (Å²) in [5.74, 6) is 0. The SMILES string of the molecule is CN1C2CCC1CN(CC(CO)NC1CC1)CC2. The summed E-state index contributed by atoms with van der Waals surface area (Å²) in [6, 6.07) is 2.52. The Bertz CT molecular complexity index is 282. The molecule has 2 saturated heterocycles. The van der Waals surface area contributed by atoms with Gasteiger partial charge in [0, 0.05) is 37.3 Å². The van der Waals surface area contributed by atoms with Gasteiger partial charge in [-0.15, -0.1) is 0 Å². The van der Waals surface area contributed by atoms with E-state index in [9.17, 15) is 5.11 Å². The van der Waals surface area contributed by atoms with Gasteiger partial charge in [0.25, 0.3) is 0 Å². The van der Waals surface area contributed by atoms with Crippen LogP contribution in [-0.2, 0) is 0 Å². The molecule has 0 radical (unpaired) electrons. The van der Waals surface area contributed by atoms with E-state index in [-0.39, 0.29) is 12.6 Å². The zero-order valence-electron chi connectivity index (χ0n) is 11.5. The van der Waals surface area contributed by atoms with Crippen LogP contribution in [0.5, 0.6) is 0 Å². The van der Waals surface area contributed by atoms with Gasteiger partial charge in [0.2, 0.25) is 0 Å². The Kier molecular flexibility index (Phi) is 3.89. The monoisotopic (exact) mass is 253 g/mol. The van der Waals surface area contributed by atoms with Crippen molar-refractivity contribution in [3.05, 3.63) is 0 Å². The Morgan fingerprint density at radius 2 is 1.94 bits per heavy atom. The fourth-order valence-corrected chi connectivity index (χ4v) is 3.60. The smallest absolute Gasteiger partial charge is 0.0597 e. The lowest BCUT2D eigenvalue weighted by molar-refractivity contribution is 0.167. The highest BCUT2D eigenvalue weighted by atomic mass is 16.3. The van der Waals surface area contributed by atoms with Crippen LogP contribution in [0.25, 0.3) is 0 Å². The molecule has 2 heterocycles. The fraction of sp³-hybridized carbons (Fsp3) is 1.00. The van der Waals surface area contributed by atoms with Crippen LogP contribution in [0.15, 0.2) is 0 Å². The lowest BCUT2D eigenvalue weighted by Gasteiger charge is -2.29. The highest BCUT2D eigenvalue weighted by Gasteiger charge is 2.35. The van der Waals surface area contributed by atoms with E-state index in [4.69, 9.17) is 0 Å². The zero-order valence-corrected chi connectivity index (χ0v) is 11.5. The fourth-order valence-electron chi connectivity index (χ4n) is 3.60. The predicted octanol–water partition coefficient (Wildman–Crippen LogP) is 0.268. The number of nitrogens with one attached hydrogen (secondary N) is 1. The molecular weight excluding hydrogens is 226 g/mol. The average molecular weight is 253 g/mol. The van der Waals surface area contributed by atoms with Crippen molar-refractivity contribution in [2.75, 3.05) is 33.3 Å². The van der Waals surface area contributed by atoms with Gasteiger partial charge in [0.1, 0.15) is 0 Å². The molecule has 0 aromatic heterocycles. The molecule has 1 aliphatic carbocycles. The first kappa shape index (κ1) is 12.9. The van der Waals surface area contributed by atoms with E-state index in [1.807, 2.05) is 0 Å². The summed E-state index contributed by atoms with van der Waals surface area (Å²) < 4.78 is 0. The first-order valence-electron chi connectivity index (χ1n) is 7.57. The molecule has 4 nitrogen and oxygen atoms in total. The van der Waals surface area contributed by atoms with Gasteiger partial charge in [-0.3, -0.25) is 4.90 Å². The first-order chi connectivity index (χ1) is 8.76. The van der Waals surface area contributed by atoms with E-state index in [0.717, 1.165) is 18.6 Å². The topological polar surface area (TPSA) is 38.7 Å². The molecule has 0 amide bonds. The van der Waals surface area contributed by atoms with E-state index < -0.39 is 0 Å². The van der Waals surface area contributed by atoms with Crippen molar-refractivity contribution in [3.8, 4) is 0 Å². The second-order valence-electron chi connectivity index (χ2n) is 6.42. The van der Waals surface area contributed by atoms with Crippen LogP contribution in [0.4, 0.5) is 0 Å². The summed E-state index contributed by atoms with van der Waals surface area (Å²) in [5.41, 5.74) is 0. The van der Waals surface area contributed by atoms with Crippen molar-refractivity contribution in [1.82, 2.24) is 15.1 Å². The van der Waals surface area contributed by atoms with Gasteiger partial charge in [-0.1, -0.05) is 0 Å². The molecule has 1 saturated carbocycles. The number of hydrogen-bond acceptors (Lipinski definition) is 4. The van der Waals surface area contributed by atoms with Gasteiger partial charge in [-0.2, -0.15) is 0 Å².